The molecule has 0 unspecified atom stereocenters. The molecule has 0 fully saturated rings. The van der Waals surface area contributed by atoms with Crippen LogP contribution in [0.1, 0.15) is 18.1 Å². The van der Waals surface area contributed by atoms with E-state index >= 15 is 0 Å². The van der Waals surface area contributed by atoms with Gasteiger partial charge in [0, 0.05) is 23.6 Å². The molecule has 26 heavy (non-hydrogen) atoms. The van der Waals surface area contributed by atoms with Crippen molar-refractivity contribution in [2.45, 2.75) is 26.0 Å². The van der Waals surface area contributed by atoms with Gasteiger partial charge < -0.3 is 19.6 Å². The zero-order chi connectivity index (χ0) is 18.5. The number of carbonyl (C=O) groups is 2. The van der Waals surface area contributed by atoms with Crippen molar-refractivity contribution < 1.29 is 23.8 Å². The van der Waals surface area contributed by atoms with Crippen LogP contribution < -0.4 is 5.32 Å². The molecule has 3 aromatic rings. The van der Waals surface area contributed by atoms with Crippen molar-refractivity contribution >= 4 is 22.8 Å². The number of ether oxygens (including phenoxy) is 1. The maximum atomic E-state index is 12.1. The van der Waals surface area contributed by atoms with E-state index in [4.69, 9.17) is 9.15 Å². The molecule has 1 atom stereocenters. The predicted octanol–water partition coefficient (Wildman–Crippen LogP) is 2.93. The predicted molar refractivity (Wildman–Crippen MR) is 95.4 cm³/mol. The summed E-state index contributed by atoms with van der Waals surface area (Å²) in [5.74, 6) is -0.794. The van der Waals surface area contributed by atoms with Gasteiger partial charge in [-0.3, -0.25) is 9.59 Å². The summed E-state index contributed by atoms with van der Waals surface area (Å²) in [5.41, 5.74) is 2.09. The summed E-state index contributed by atoms with van der Waals surface area (Å²) in [6, 6.07) is 14.1. The highest BCUT2D eigenvalue weighted by molar-refractivity contribution is 5.88. The lowest BCUT2D eigenvalue weighted by Gasteiger charge is -2.13. The Morgan fingerprint density at radius 2 is 1.96 bits per heavy atom. The standard InChI is InChI=1S/C20H19NO5/c1-13(20(24)21-11-14-5-3-2-4-6-14)26-19(23)9-15-12-25-18-10-16(22)7-8-17(15)18/h2-8,10,12-13,22H,9,11H2,1H3,(H,21,24)/t13-/m0/s1. The normalized spacial score (nSPS) is 11.9. The van der Waals surface area contributed by atoms with Crippen molar-refractivity contribution in [2.24, 2.45) is 0 Å². The summed E-state index contributed by atoms with van der Waals surface area (Å²) < 4.78 is 10.5. The number of amides is 1. The molecule has 1 aromatic heterocycles. The molecule has 0 aliphatic carbocycles. The van der Waals surface area contributed by atoms with Crippen molar-refractivity contribution in [3.63, 3.8) is 0 Å². The fraction of sp³-hybridized carbons (Fsp3) is 0.200. The lowest BCUT2D eigenvalue weighted by Crippen LogP contribution is -2.35. The van der Waals surface area contributed by atoms with Crippen LogP contribution in [-0.2, 0) is 27.3 Å². The average molecular weight is 353 g/mol. The number of phenols is 1. The number of carbonyl (C=O) groups excluding carboxylic acids is 2. The van der Waals surface area contributed by atoms with Crippen LogP contribution in [0.5, 0.6) is 5.75 Å². The number of benzene rings is 2. The Bertz CT molecular complexity index is 916. The number of phenolic OH excluding ortho intramolecular Hbond substituents is 1. The number of hydrogen-bond acceptors (Lipinski definition) is 5. The molecule has 0 radical (unpaired) electrons. The molecule has 0 spiro atoms. The molecule has 0 saturated heterocycles. The minimum absolute atomic E-state index is 0.0198. The van der Waals surface area contributed by atoms with Crippen molar-refractivity contribution in [2.75, 3.05) is 0 Å². The van der Waals surface area contributed by atoms with Crippen LogP contribution in [0.4, 0.5) is 0 Å². The van der Waals surface area contributed by atoms with E-state index in [0.717, 1.165) is 10.9 Å². The van der Waals surface area contributed by atoms with E-state index in [1.54, 1.807) is 6.07 Å². The highest BCUT2D eigenvalue weighted by atomic mass is 16.5. The first-order valence-electron chi connectivity index (χ1n) is 8.23. The zero-order valence-corrected chi connectivity index (χ0v) is 14.3. The maximum absolute atomic E-state index is 12.1. The fourth-order valence-corrected chi connectivity index (χ4v) is 2.59. The van der Waals surface area contributed by atoms with Crippen molar-refractivity contribution in [3.8, 4) is 5.75 Å². The molecule has 2 N–H and O–H groups in total. The minimum Gasteiger partial charge on any atom is -0.508 e. The van der Waals surface area contributed by atoms with E-state index < -0.39 is 12.1 Å². The first-order valence-corrected chi connectivity index (χ1v) is 8.23. The third-order valence-corrected chi connectivity index (χ3v) is 3.96. The average Bonchev–Trinajstić information content (AvgIpc) is 3.02. The quantitative estimate of drug-likeness (QED) is 0.665. The largest absolute Gasteiger partial charge is 0.508 e. The summed E-state index contributed by atoms with van der Waals surface area (Å²) in [7, 11) is 0. The van der Waals surface area contributed by atoms with Gasteiger partial charge in [0.25, 0.3) is 5.91 Å². The Labute approximate surface area is 150 Å². The molecular formula is C20H19NO5. The zero-order valence-electron chi connectivity index (χ0n) is 14.3. The lowest BCUT2D eigenvalue weighted by molar-refractivity contribution is -0.154. The highest BCUT2D eigenvalue weighted by Crippen LogP contribution is 2.25. The van der Waals surface area contributed by atoms with Gasteiger partial charge >= 0.3 is 5.97 Å². The first-order chi connectivity index (χ1) is 12.5. The van der Waals surface area contributed by atoms with Crippen molar-refractivity contribution in [3.05, 3.63) is 65.9 Å². The van der Waals surface area contributed by atoms with Gasteiger partial charge in [-0.25, -0.2) is 0 Å². The Balaban J connectivity index is 1.54. The number of rotatable bonds is 6. The number of furan rings is 1. The third kappa shape index (κ3) is 4.22. The molecule has 6 nitrogen and oxygen atoms in total. The first kappa shape index (κ1) is 17.5. The second-order valence-corrected chi connectivity index (χ2v) is 5.95. The monoisotopic (exact) mass is 353 g/mol. The van der Waals surface area contributed by atoms with E-state index in [1.165, 1.54) is 25.3 Å². The van der Waals surface area contributed by atoms with E-state index in [2.05, 4.69) is 5.32 Å². The summed E-state index contributed by atoms with van der Waals surface area (Å²) in [4.78, 5) is 24.2. The van der Waals surface area contributed by atoms with E-state index in [-0.39, 0.29) is 18.1 Å². The van der Waals surface area contributed by atoms with E-state index in [1.807, 2.05) is 30.3 Å². The SMILES string of the molecule is C[C@H](OC(=O)Cc1coc2cc(O)ccc12)C(=O)NCc1ccccc1. The van der Waals surface area contributed by atoms with Crippen molar-refractivity contribution in [1.29, 1.82) is 0 Å². The number of aromatic hydroxyl groups is 1. The van der Waals surface area contributed by atoms with Crippen LogP contribution in [0.15, 0.2) is 59.2 Å². The van der Waals surface area contributed by atoms with Crippen LogP contribution in [0, 0.1) is 0 Å². The highest BCUT2D eigenvalue weighted by Gasteiger charge is 2.19. The van der Waals surface area contributed by atoms with Gasteiger partial charge in [0.2, 0.25) is 0 Å². The third-order valence-electron chi connectivity index (χ3n) is 3.96. The van der Waals surface area contributed by atoms with Crippen molar-refractivity contribution in [1.82, 2.24) is 5.32 Å². The second-order valence-electron chi connectivity index (χ2n) is 5.95. The second kappa shape index (κ2) is 7.74. The topological polar surface area (TPSA) is 88.8 Å². The summed E-state index contributed by atoms with van der Waals surface area (Å²) in [6.07, 6.45) is 0.535. The summed E-state index contributed by atoms with van der Waals surface area (Å²) in [6.45, 7) is 1.90. The molecule has 1 heterocycles. The number of fused-ring (bicyclic) bond motifs is 1. The Morgan fingerprint density at radius 3 is 2.73 bits per heavy atom. The fourth-order valence-electron chi connectivity index (χ4n) is 2.59. The molecule has 6 heteroatoms. The van der Waals surface area contributed by atoms with Crippen LogP contribution in [0.25, 0.3) is 11.0 Å². The molecule has 0 saturated carbocycles. The van der Waals surface area contributed by atoms with Gasteiger partial charge in [-0.1, -0.05) is 30.3 Å². The van der Waals surface area contributed by atoms with Crippen LogP contribution in [0.2, 0.25) is 0 Å². The molecule has 3 rings (SSSR count). The smallest absolute Gasteiger partial charge is 0.311 e. The van der Waals surface area contributed by atoms with E-state index in [9.17, 15) is 14.7 Å². The van der Waals surface area contributed by atoms with Gasteiger partial charge in [0.05, 0.1) is 12.7 Å². The summed E-state index contributed by atoms with van der Waals surface area (Å²) in [5, 5.41) is 12.9. The van der Waals surface area contributed by atoms with E-state index in [0.29, 0.717) is 17.7 Å². The van der Waals surface area contributed by atoms with Gasteiger partial charge in [0.1, 0.15) is 11.3 Å². The summed E-state index contributed by atoms with van der Waals surface area (Å²) >= 11 is 0. The van der Waals surface area contributed by atoms with Gasteiger partial charge in [-0.2, -0.15) is 0 Å². The maximum Gasteiger partial charge on any atom is 0.311 e. The minimum atomic E-state index is -0.895. The molecule has 0 bridgehead atoms. The number of hydrogen-bond donors (Lipinski definition) is 2. The Hall–Kier alpha value is -3.28. The molecule has 0 aliphatic rings. The van der Waals surface area contributed by atoms with Gasteiger partial charge in [-0.15, -0.1) is 0 Å². The molecule has 2 aromatic carbocycles. The Morgan fingerprint density at radius 1 is 1.19 bits per heavy atom. The molecule has 134 valence electrons. The molecule has 1 amide bonds. The number of nitrogens with one attached hydrogen (secondary N) is 1. The van der Waals surface area contributed by atoms with Crippen LogP contribution >= 0.6 is 0 Å². The lowest BCUT2D eigenvalue weighted by atomic mass is 10.1. The van der Waals surface area contributed by atoms with Crippen LogP contribution in [0.3, 0.4) is 0 Å². The number of esters is 1. The van der Waals surface area contributed by atoms with Crippen LogP contribution in [-0.4, -0.2) is 23.1 Å². The Kier molecular flexibility index (Phi) is 5.22. The van der Waals surface area contributed by atoms with Gasteiger partial charge in [-0.05, 0) is 24.6 Å². The van der Waals surface area contributed by atoms with Gasteiger partial charge in [0.15, 0.2) is 6.10 Å². The molecular weight excluding hydrogens is 334 g/mol. The molecule has 0 aliphatic heterocycles.